The predicted octanol–water partition coefficient (Wildman–Crippen LogP) is 20.5. The first-order chi connectivity index (χ1) is 35.0. The number of rotatable bonds is 55. The van der Waals surface area contributed by atoms with Gasteiger partial charge in [-0.15, -0.1) is 0 Å². The maximum absolute atomic E-state index is 12.8. The number of unbranched alkanes of at least 4 members (excludes halogenated alkanes) is 32. The van der Waals surface area contributed by atoms with Crippen molar-refractivity contribution in [1.82, 2.24) is 0 Å². The second-order valence-electron chi connectivity index (χ2n) is 20.2. The highest BCUT2D eigenvalue weighted by molar-refractivity contribution is 5.71. The molecule has 0 heterocycles. The minimum atomic E-state index is -0.790. The Balaban J connectivity index is 4.25. The molecule has 0 spiro atoms. The molecule has 0 aliphatic rings. The summed E-state index contributed by atoms with van der Waals surface area (Å²) in [4.78, 5) is 38.1. The third kappa shape index (κ3) is 57.6. The Morgan fingerprint density at radius 2 is 0.549 bits per heavy atom. The Morgan fingerprint density at radius 3 is 0.887 bits per heavy atom. The van der Waals surface area contributed by atoms with Crippen molar-refractivity contribution in [3.63, 3.8) is 0 Å². The van der Waals surface area contributed by atoms with E-state index in [1.807, 2.05) is 0 Å². The zero-order valence-corrected chi connectivity index (χ0v) is 47.0. The van der Waals surface area contributed by atoms with Gasteiger partial charge in [0.15, 0.2) is 6.10 Å². The summed E-state index contributed by atoms with van der Waals surface area (Å²) in [6, 6.07) is 0. The molecule has 0 fully saturated rings. The van der Waals surface area contributed by atoms with Crippen LogP contribution in [0.5, 0.6) is 0 Å². The Bertz CT molecular complexity index is 1320. The summed E-state index contributed by atoms with van der Waals surface area (Å²) < 4.78 is 16.8. The molecular weight excluding hydrogens is 877 g/mol. The van der Waals surface area contributed by atoms with Gasteiger partial charge in [0.05, 0.1) is 0 Å². The van der Waals surface area contributed by atoms with E-state index in [-0.39, 0.29) is 31.1 Å². The zero-order chi connectivity index (χ0) is 51.4. The standard InChI is InChI=1S/C65H114O6/c1-4-7-10-13-16-19-21-23-25-27-29-30-31-32-33-34-36-37-39-41-43-46-49-52-55-58-64(67)70-61-62(60-69-63(66)57-54-51-48-45-18-15-12-9-6-3)71-65(68)59-56-53-50-47-44-42-40-38-35-28-26-24-22-20-17-14-11-8-5-2/h8,11,17,20,24,26-27,29,35,38,42,44,62H,4-7,9-10,12-16,18-19,21-23,25,28,30-34,36-37,39-41,43,45-61H2,1-3H3/b11-8-,20-17-,26-24-,29-27-,38-35-,44-42-. The molecule has 0 aliphatic heterocycles. The van der Waals surface area contributed by atoms with Gasteiger partial charge in [-0.25, -0.2) is 0 Å². The average molecular weight is 992 g/mol. The van der Waals surface area contributed by atoms with Gasteiger partial charge >= 0.3 is 17.9 Å². The highest BCUT2D eigenvalue weighted by Gasteiger charge is 2.19. The lowest BCUT2D eigenvalue weighted by molar-refractivity contribution is -0.167. The van der Waals surface area contributed by atoms with Gasteiger partial charge in [0.25, 0.3) is 0 Å². The van der Waals surface area contributed by atoms with Crippen LogP contribution in [0.15, 0.2) is 72.9 Å². The fourth-order valence-corrected chi connectivity index (χ4v) is 8.64. The predicted molar refractivity (Wildman–Crippen MR) is 307 cm³/mol. The lowest BCUT2D eigenvalue weighted by Crippen LogP contribution is -2.30. The van der Waals surface area contributed by atoms with Crippen molar-refractivity contribution in [2.75, 3.05) is 13.2 Å². The summed E-state index contributed by atoms with van der Waals surface area (Å²) in [6.45, 7) is 6.50. The first-order valence-corrected chi connectivity index (χ1v) is 30.4. The summed E-state index contributed by atoms with van der Waals surface area (Å²) in [6.07, 6.45) is 76.3. The number of hydrogen-bond donors (Lipinski definition) is 0. The normalized spacial score (nSPS) is 12.5. The molecule has 71 heavy (non-hydrogen) atoms. The number of allylic oxidation sites excluding steroid dienone is 12. The van der Waals surface area contributed by atoms with Gasteiger partial charge in [0.1, 0.15) is 13.2 Å². The second kappa shape index (κ2) is 59.4. The van der Waals surface area contributed by atoms with E-state index in [0.717, 1.165) is 96.3 Å². The molecule has 0 aromatic rings. The van der Waals surface area contributed by atoms with Crippen molar-refractivity contribution in [3.05, 3.63) is 72.9 Å². The van der Waals surface area contributed by atoms with Crippen molar-refractivity contribution in [2.45, 2.75) is 309 Å². The van der Waals surface area contributed by atoms with Crippen molar-refractivity contribution in [3.8, 4) is 0 Å². The van der Waals surface area contributed by atoms with Crippen molar-refractivity contribution < 1.29 is 28.6 Å². The van der Waals surface area contributed by atoms with Crippen molar-refractivity contribution in [1.29, 1.82) is 0 Å². The van der Waals surface area contributed by atoms with Crippen LogP contribution in [0.25, 0.3) is 0 Å². The molecule has 6 heteroatoms. The number of hydrogen-bond acceptors (Lipinski definition) is 6. The molecule has 0 saturated carbocycles. The summed E-state index contributed by atoms with van der Waals surface area (Å²) in [5, 5.41) is 0. The summed E-state index contributed by atoms with van der Waals surface area (Å²) in [5.41, 5.74) is 0. The van der Waals surface area contributed by atoms with Crippen LogP contribution < -0.4 is 0 Å². The van der Waals surface area contributed by atoms with Gasteiger partial charge in [-0.1, -0.05) is 267 Å². The molecule has 0 aromatic carbocycles. The molecule has 0 rings (SSSR count). The van der Waals surface area contributed by atoms with Crippen molar-refractivity contribution in [2.24, 2.45) is 0 Å². The quantitative estimate of drug-likeness (QED) is 0.0261. The molecule has 0 N–H and O–H groups in total. The minimum absolute atomic E-state index is 0.0866. The van der Waals surface area contributed by atoms with E-state index in [0.29, 0.717) is 19.3 Å². The molecule has 1 atom stereocenters. The number of ether oxygens (including phenoxy) is 3. The fourth-order valence-electron chi connectivity index (χ4n) is 8.64. The monoisotopic (exact) mass is 991 g/mol. The van der Waals surface area contributed by atoms with E-state index >= 15 is 0 Å². The van der Waals surface area contributed by atoms with Gasteiger partial charge in [0.2, 0.25) is 0 Å². The van der Waals surface area contributed by atoms with E-state index < -0.39 is 6.10 Å². The van der Waals surface area contributed by atoms with Gasteiger partial charge in [-0.3, -0.25) is 14.4 Å². The summed E-state index contributed by atoms with van der Waals surface area (Å²) >= 11 is 0. The second-order valence-corrected chi connectivity index (χ2v) is 20.2. The van der Waals surface area contributed by atoms with E-state index in [9.17, 15) is 14.4 Å². The Hall–Kier alpha value is -3.15. The molecule has 1 unspecified atom stereocenters. The van der Waals surface area contributed by atoms with Crippen LogP contribution in [-0.2, 0) is 28.6 Å². The maximum atomic E-state index is 12.8. The van der Waals surface area contributed by atoms with Crippen LogP contribution >= 0.6 is 0 Å². The molecule has 0 aliphatic carbocycles. The molecule has 6 nitrogen and oxygen atoms in total. The third-order valence-corrected chi connectivity index (χ3v) is 13.2. The van der Waals surface area contributed by atoms with Crippen LogP contribution in [0.1, 0.15) is 303 Å². The van der Waals surface area contributed by atoms with Gasteiger partial charge in [0, 0.05) is 19.3 Å². The van der Waals surface area contributed by atoms with Crippen LogP contribution in [-0.4, -0.2) is 37.2 Å². The molecular formula is C65H114O6. The van der Waals surface area contributed by atoms with Gasteiger partial charge in [-0.05, 0) is 89.9 Å². The number of carbonyl (C=O) groups is 3. The summed E-state index contributed by atoms with van der Waals surface area (Å²) in [5.74, 6) is -0.912. The van der Waals surface area contributed by atoms with E-state index in [1.54, 1.807) is 0 Å². The van der Waals surface area contributed by atoms with Gasteiger partial charge < -0.3 is 14.2 Å². The van der Waals surface area contributed by atoms with E-state index in [2.05, 4.69) is 93.7 Å². The fraction of sp³-hybridized carbons (Fsp3) is 0.769. The number of esters is 3. The van der Waals surface area contributed by atoms with E-state index in [1.165, 1.54) is 167 Å². The zero-order valence-electron chi connectivity index (χ0n) is 47.0. The van der Waals surface area contributed by atoms with Crippen LogP contribution in [0.3, 0.4) is 0 Å². The van der Waals surface area contributed by atoms with E-state index in [4.69, 9.17) is 14.2 Å². The highest BCUT2D eigenvalue weighted by Crippen LogP contribution is 2.16. The smallest absolute Gasteiger partial charge is 0.306 e. The third-order valence-electron chi connectivity index (χ3n) is 13.2. The average Bonchev–Trinajstić information content (AvgIpc) is 3.37. The maximum Gasteiger partial charge on any atom is 0.306 e. The van der Waals surface area contributed by atoms with Crippen molar-refractivity contribution >= 4 is 17.9 Å². The topological polar surface area (TPSA) is 78.9 Å². The largest absolute Gasteiger partial charge is 0.462 e. The lowest BCUT2D eigenvalue weighted by Gasteiger charge is -2.18. The van der Waals surface area contributed by atoms with Crippen LogP contribution in [0.4, 0.5) is 0 Å². The SMILES string of the molecule is CC/C=C\C/C=C\C/C=C\C/C=C\C/C=C\CCCCCC(=O)OC(COC(=O)CCCCCCCCCCC)COC(=O)CCCCCCCCCCCCCCC/C=C\CCCCCCCCCC. The lowest BCUT2D eigenvalue weighted by atomic mass is 10.0. The Labute approximate surface area is 440 Å². The highest BCUT2D eigenvalue weighted by atomic mass is 16.6. The Kier molecular flexibility index (Phi) is 56.8. The Morgan fingerprint density at radius 1 is 0.296 bits per heavy atom. The molecule has 0 amide bonds. The summed E-state index contributed by atoms with van der Waals surface area (Å²) in [7, 11) is 0. The molecule has 0 saturated heterocycles. The van der Waals surface area contributed by atoms with Crippen LogP contribution in [0.2, 0.25) is 0 Å². The first-order valence-electron chi connectivity index (χ1n) is 30.4. The minimum Gasteiger partial charge on any atom is -0.462 e. The molecule has 0 radical (unpaired) electrons. The molecule has 0 aromatic heterocycles. The van der Waals surface area contributed by atoms with Crippen LogP contribution in [0, 0.1) is 0 Å². The molecule has 410 valence electrons. The first kappa shape index (κ1) is 67.8. The molecule has 0 bridgehead atoms. The van der Waals surface area contributed by atoms with Gasteiger partial charge in [-0.2, -0.15) is 0 Å². The number of carbonyl (C=O) groups excluding carboxylic acids is 3.